The zero-order chi connectivity index (χ0) is 31.3. The van der Waals surface area contributed by atoms with Crippen LogP contribution in [-0.2, 0) is 20.8 Å². The van der Waals surface area contributed by atoms with Crippen molar-refractivity contribution in [3.05, 3.63) is 108 Å². The number of hydrogen-bond acceptors (Lipinski definition) is 6. The summed E-state index contributed by atoms with van der Waals surface area (Å²) in [5.41, 5.74) is 1.66. The molecule has 4 rings (SSSR count). The number of aliphatic hydroxyl groups excluding tert-OH is 1. The van der Waals surface area contributed by atoms with Crippen LogP contribution in [0, 0.1) is 5.92 Å². The number of methoxy groups -OCH3 is 1. The second kappa shape index (κ2) is 13.3. The Labute approximate surface area is 250 Å². The first-order valence-electron chi connectivity index (χ1n) is 13.9. The summed E-state index contributed by atoms with van der Waals surface area (Å²) in [5, 5.41) is 22.9. The van der Waals surface area contributed by atoms with Crippen molar-refractivity contribution in [2.75, 3.05) is 7.11 Å². The molecule has 10 nitrogen and oxygen atoms in total. The molecule has 2 N–H and O–H groups in total. The van der Waals surface area contributed by atoms with Crippen molar-refractivity contribution in [1.82, 2.24) is 14.9 Å². The molecule has 0 aromatic heterocycles. The maximum absolute atomic E-state index is 14.5. The second-order valence-electron chi connectivity index (χ2n) is 10.6. The Morgan fingerprint density at radius 2 is 1.51 bits per heavy atom. The molecule has 0 saturated carbocycles. The first-order valence-corrected chi connectivity index (χ1v) is 13.9. The molecule has 0 saturated heterocycles. The highest BCUT2D eigenvalue weighted by Gasteiger charge is 2.47. The molecule has 2 unspecified atom stereocenters. The van der Waals surface area contributed by atoms with Gasteiger partial charge in [0.25, 0.3) is 11.8 Å². The highest BCUT2D eigenvalue weighted by molar-refractivity contribution is 6.03. The van der Waals surface area contributed by atoms with E-state index in [1.807, 2.05) is 0 Å². The Morgan fingerprint density at radius 1 is 0.930 bits per heavy atom. The topological polar surface area (TPSA) is 128 Å². The van der Waals surface area contributed by atoms with Crippen LogP contribution in [0.3, 0.4) is 0 Å². The van der Waals surface area contributed by atoms with E-state index < -0.39 is 47.8 Å². The maximum atomic E-state index is 14.5. The number of carbonyl (C=O) groups is 4. The number of ether oxygens (including phenoxy) is 1. The Kier molecular flexibility index (Phi) is 9.62. The van der Waals surface area contributed by atoms with Gasteiger partial charge >= 0.3 is 5.97 Å². The minimum Gasteiger partial charge on any atom is -0.497 e. The van der Waals surface area contributed by atoms with Crippen molar-refractivity contribution in [1.29, 1.82) is 0 Å². The Bertz CT molecular complexity index is 1490. The molecular formula is C33H35N3O7. The van der Waals surface area contributed by atoms with Crippen LogP contribution in [0.5, 0.6) is 5.75 Å². The van der Waals surface area contributed by atoms with E-state index in [0.717, 1.165) is 10.0 Å². The summed E-state index contributed by atoms with van der Waals surface area (Å²) >= 11 is 0. The van der Waals surface area contributed by atoms with Gasteiger partial charge in [-0.1, -0.05) is 74.5 Å². The van der Waals surface area contributed by atoms with Gasteiger partial charge in [0.15, 0.2) is 6.10 Å². The molecule has 0 bridgehead atoms. The molecular weight excluding hydrogens is 550 g/mol. The van der Waals surface area contributed by atoms with Crippen molar-refractivity contribution < 1.29 is 34.1 Å². The lowest BCUT2D eigenvalue weighted by atomic mass is 9.96. The summed E-state index contributed by atoms with van der Waals surface area (Å²) in [6.07, 6.45) is -0.567. The first-order chi connectivity index (χ1) is 20.5. The predicted molar refractivity (Wildman–Crippen MR) is 159 cm³/mol. The Morgan fingerprint density at radius 3 is 2.02 bits per heavy atom. The van der Waals surface area contributed by atoms with Crippen molar-refractivity contribution in [2.24, 2.45) is 5.92 Å². The number of nitrogens with zero attached hydrogens (tertiary/aromatic N) is 3. The van der Waals surface area contributed by atoms with Gasteiger partial charge in [-0.25, -0.2) is 14.8 Å². The number of aliphatic carboxylic acids is 1. The van der Waals surface area contributed by atoms with E-state index >= 15 is 0 Å². The van der Waals surface area contributed by atoms with Crippen molar-refractivity contribution in [3.63, 3.8) is 0 Å². The quantitative estimate of drug-likeness (QED) is 0.370. The van der Waals surface area contributed by atoms with Gasteiger partial charge in [-0.3, -0.25) is 19.3 Å². The van der Waals surface area contributed by atoms with Crippen LogP contribution in [0.4, 0.5) is 0 Å². The van der Waals surface area contributed by atoms with E-state index in [4.69, 9.17) is 4.74 Å². The largest absolute Gasteiger partial charge is 0.497 e. The monoisotopic (exact) mass is 585 g/mol. The SMILES string of the molecule is COc1ccc(C(=O)N2C=C(c3ccccc3)N(N(C(C)=O)[C@@H](Cc3ccccc3)C(O)C(=O)O)C(=O)C2C(C)C)cc1. The van der Waals surface area contributed by atoms with Crippen molar-refractivity contribution in [3.8, 4) is 5.75 Å². The highest BCUT2D eigenvalue weighted by atomic mass is 16.5. The molecule has 3 aromatic rings. The molecule has 43 heavy (non-hydrogen) atoms. The number of amides is 3. The summed E-state index contributed by atoms with van der Waals surface area (Å²) in [6, 6.07) is 21.6. The van der Waals surface area contributed by atoms with Crippen LogP contribution in [0.25, 0.3) is 5.70 Å². The number of rotatable bonds is 10. The number of carboxylic acid groups (broad SMARTS) is 1. The molecule has 1 aliphatic heterocycles. The Balaban J connectivity index is 1.91. The van der Waals surface area contributed by atoms with E-state index in [1.165, 1.54) is 25.1 Å². The van der Waals surface area contributed by atoms with Crippen LogP contribution in [0.15, 0.2) is 91.1 Å². The molecule has 0 spiro atoms. The Hall–Kier alpha value is -4.96. The lowest BCUT2D eigenvalue weighted by Gasteiger charge is -2.47. The lowest BCUT2D eigenvalue weighted by Crippen LogP contribution is -2.64. The van der Waals surface area contributed by atoms with Crippen molar-refractivity contribution >= 4 is 29.4 Å². The second-order valence-corrected chi connectivity index (χ2v) is 10.6. The summed E-state index contributed by atoms with van der Waals surface area (Å²) in [7, 11) is 1.52. The number of carbonyl (C=O) groups excluding carboxylic acids is 3. The van der Waals surface area contributed by atoms with Crippen LogP contribution in [-0.4, -0.2) is 74.1 Å². The highest BCUT2D eigenvalue weighted by Crippen LogP contribution is 2.34. The normalized spacial score (nSPS) is 16.4. The van der Waals surface area contributed by atoms with Gasteiger partial charge in [0.2, 0.25) is 5.91 Å². The molecule has 3 atom stereocenters. The van der Waals surface area contributed by atoms with E-state index in [1.54, 1.807) is 98.8 Å². The number of benzene rings is 3. The van der Waals surface area contributed by atoms with Gasteiger partial charge in [-0.2, -0.15) is 0 Å². The minimum atomic E-state index is -2.02. The third kappa shape index (κ3) is 6.60. The summed E-state index contributed by atoms with van der Waals surface area (Å²) in [6.45, 7) is 4.77. The van der Waals surface area contributed by atoms with Gasteiger partial charge < -0.3 is 14.9 Å². The zero-order valence-corrected chi connectivity index (χ0v) is 24.5. The average molecular weight is 586 g/mol. The van der Waals surface area contributed by atoms with Gasteiger partial charge in [-0.05, 0) is 42.2 Å². The minimum absolute atomic E-state index is 0.0550. The molecule has 1 heterocycles. The van der Waals surface area contributed by atoms with E-state index in [-0.39, 0.29) is 12.1 Å². The van der Waals surface area contributed by atoms with Gasteiger partial charge in [0, 0.05) is 24.3 Å². The van der Waals surface area contributed by atoms with Gasteiger partial charge in [0.05, 0.1) is 18.8 Å². The molecule has 3 aromatic carbocycles. The standard InChI is InChI=1S/C33H35N3O7/c1-21(2)29-32(40)36(35(22(3)37)27(30(38)33(41)42)19-23-11-7-5-8-12-23)28(24-13-9-6-10-14-24)20-34(29)31(39)25-15-17-26(43-4)18-16-25/h5-18,20-21,27,29-30,38H,19H2,1-4H3,(H,41,42)/t27-,29?,30?/m0/s1. The van der Waals surface area contributed by atoms with Gasteiger partial charge in [-0.15, -0.1) is 0 Å². The van der Waals surface area contributed by atoms with E-state index in [0.29, 0.717) is 22.4 Å². The molecule has 0 aliphatic carbocycles. The summed E-state index contributed by atoms with van der Waals surface area (Å²) in [5.74, 6) is -3.10. The van der Waals surface area contributed by atoms with Crippen molar-refractivity contribution in [2.45, 2.75) is 45.4 Å². The zero-order valence-electron chi connectivity index (χ0n) is 24.5. The van der Waals surface area contributed by atoms with Crippen LogP contribution in [0.2, 0.25) is 0 Å². The number of aliphatic hydroxyl groups is 1. The number of carboxylic acids is 1. The smallest absolute Gasteiger partial charge is 0.334 e. The van der Waals surface area contributed by atoms with Gasteiger partial charge in [0.1, 0.15) is 11.8 Å². The third-order valence-corrected chi connectivity index (χ3v) is 7.28. The molecule has 0 fully saturated rings. The maximum Gasteiger partial charge on any atom is 0.334 e. The molecule has 1 aliphatic rings. The molecule has 3 amide bonds. The van der Waals surface area contributed by atoms with Crippen LogP contribution in [0.1, 0.15) is 42.3 Å². The lowest BCUT2D eigenvalue weighted by molar-refractivity contribution is -0.173. The molecule has 224 valence electrons. The van der Waals surface area contributed by atoms with E-state index in [9.17, 15) is 29.4 Å². The fourth-order valence-electron chi connectivity index (χ4n) is 5.21. The fraction of sp³-hybridized carbons (Fsp3) is 0.273. The van der Waals surface area contributed by atoms with Crippen LogP contribution >= 0.6 is 0 Å². The molecule has 10 heteroatoms. The number of hydrazine groups is 1. The molecule has 0 radical (unpaired) electrons. The third-order valence-electron chi connectivity index (χ3n) is 7.28. The average Bonchev–Trinajstić information content (AvgIpc) is 3.01. The predicted octanol–water partition coefficient (Wildman–Crippen LogP) is 3.82. The summed E-state index contributed by atoms with van der Waals surface area (Å²) < 4.78 is 5.21. The number of hydrogen-bond donors (Lipinski definition) is 2. The van der Waals surface area contributed by atoms with E-state index in [2.05, 4.69) is 0 Å². The van der Waals surface area contributed by atoms with Crippen LogP contribution < -0.4 is 4.74 Å². The first kappa shape index (κ1) is 31.0. The summed E-state index contributed by atoms with van der Waals surface area (Å²) in [4.78, 5) is 55.3. The fourth-order valence-corrected chi connectivity index (χ4v) is 5.21.